The van der Waals surface area contributed by atoms with E-state index in [1.807, 2.05) is 0 Å². The second-order valence-corrected chi connectivity index (χ2v) is 3.86. The number of nitrogen functional groups attached to an aromatic ring is 1. The number of benzene rings is 1. The normalized spacial score (nSPS) is 10.3. The summed E-state index contributed by atoms with van der Waals surface area (Å²) in [5, 5.41) is 2.17. The topological polar surface area (TPSA) is 80.9 Å². The van der Waals surface area contributed by atoms with E-state index in [9.17, 15) is 13.6 Å². The maximum Gasteiger partial charge on any atom is 0.259 e. The van der Waals surface area contributed by atoms with Gasteiger partial charge in [-0.05, 0) is 29.8 Å². The van der Waals surface area contributed by atoms with Crippen molar-refractivity contribution in [2.24, 2.45) is 0 Å². The van der Waals surface area contributed by atoms with Gasteiger partial charge in [0, 0.05) is 6.20 Å². The van der Waals surface area contributed by atoms with Gasteiger partial charge in [-0.15, -0.1) is 0 Å². The van der Waals surface area contributed by atoms with Crippen LogP contribution in [0.4, 0.5) is 20.3 Å². The molecule has 0 radical (unpaired) electrons. The smallest absolute Gasteiger partial charge is 0.259 e. The summed E-state index contributed by atoms with van der Waals surface area (Å²) in [6.45, 7) is 0. The summed E-state index contributed by atoms with van der Waals surface area (Å²) in [4.78, 5) is 19.1. The molecule has 5 nitrogen and oxygen atoms in total. The average molecular weight is 285 g/mol. The van der Waals surface area contributed by atoms with Crippen molar-refractivity contribution in [2.75, 3.05) is 11.1 Å². The van der Waals surface area contributed by atoms with Gasteiger partial charge in [-0.1, -0.05) is 0 Å². The van der Waals surface area contributed by atoms with Crippen LogP contribution in [0.5, 0.6) is 0 Å². The summed E-state index contributed by atoms with van der Waals surface area (Å²) in [7, 11) is 0. The van der Waals surface area contributed by atoms with Gasteiger partial charge in [0.25, 0.3) is 5.91 Å². The van der Waals surface area contributed by atoms with Gasteiger partial charge >= 0.3 is 0 Å². The minimum atomic E-state index is -1.00. The van der Waals surface area contributed by atoms with Crippen molar-refractivity contribution in [1.82, 2.24) is 9.97 Å². The van der Waals surface area contributed by atoms with Crippen molar-refractivity contribution < 1.29 is 13.6 Å². The molecule has 0 unspecified atom stereocenters. The first-order valence-electron chi connectivity index (χ1n) is 5.02. The fraction of sp³-hybridized carbons (Fsp3) is 0. The van der Waals surface area contributed by atoms with Gasteiger partial charge in [0.05, 0.1) is 11.3 Å². The van der Waals surface area contributed by atoms with Crippen LogP contribution in [0.2, 0.25) is 5.28 Å². The summed E-state index contributed by atoms with van der Waals surface area (Å²) >= 11 is 5.53. The van der Waals surface area contributed by atoms with E-state index < -0.39 is 28.8 Å². The molecule has 2 aromatic rings. The van der Waals surface area contributed by atoms with Crippen molar-refractivity contribution in [2.45, 2.75) is 0 Å². The molecule has 3 N–H and O–H groups in total. The van der Waals surface area contributed by atoms with Crippen molar-refractivity contribution >= 4 is 29.0 Å². The van der Waals surface area contributed by atoms with E-state index in [4.69, 9.17) is 17.3 Å². The largest absolute Gasteiger partial charge is 0.396 e. The van der Waals surface area contributed by atoms with Crippen molar-refractivity contribution in [3.05, 3.63) is 46.9 Å². The minimum Gasteiger partial charge on any atom is -0.396 e. The SMILES string of the molecule is Nc1cc(F)cc(C(=O)Nc2ccnc(Cl)n2)c1F. The number of rotatable bonds is 2. The van der Waals surface area contributed by atoms with E-state index in [-0.39, 0.29) is 11.1 Å². The molecular weight excluding hydrogens is 278 g/mol. The maximum atomic E-state index is 13.6. The van der Waals surface area contributed by atoms with Crippen LogP contribution in [0.1, 0.15) is 10.4 Å². The number of aromatic nitrogens is 2. The highest BCUT2D eigenvalue weighted by Crippen LogP contribution is 2.18. The zero-order valence-electron chi connectivity index (χ0n) is 9.32. The minimum absolute atomic E-state index is 0.0623. The molecule has 8 heteroatoms. The van der Waals surface area contributed by atoms with Crippen LogP contribution in [0.3, 0.4) is 0 Å². The summed E-state index contributed by atoms with van der Waals surface area (Å²) in [5.41, 5.74) is 4.26. The van der Waals surface area contributed by atoms with Crippen LogP contribution in [-0.4, -0.2) is 15.9 Å². The van der Waals surface area contributed by atoms with Crippen LogP contribution >= 0.6 is 11.6 Å². The number of carbonyl (C=O) groups excluding carboxylic acids is 1. The van der Waals surface area contributed by atoms with Crippen molar-refractivity contribution in [3.63, 3.8) is 0 Å². The lowest BCUT2D eigenvalue weighted by Gasteiger charge is -2.07. The molecule has 19 heavy (non-hydrogen) atoms. The fourth-order valence-electron chi connectivity index (χ4n) is 1.36. The van der Waals surface area contributed by atoms with E-state index in [1.54, 1.807) is 0 Å². The van der Waals surface area contributed by atoms with E-state index >= 15 is 0 Å². The van der Waals surface area contributed by atoms with Crippen molar-refractivity contribution in [1.29, 1.82) is 0 Å². The molecule has 98 valence electrons. The predicted octanol–water partition coefficient (Wildman–Crippen LogP) is 2.24. The standard InChI is InChI=1S/C11H7ClF2N4O/c12-11-16-2-1-8(18-11)17-10(19)6-3-5(13)4-7(15)9(6)14/h1-4H,15H2,(H,16,17,18,19). The van der Waals surface area contributed by atoms with Crippen LogP contribution in [0.15, 0.2) is 24.4 Å². The van der Waals surface area contributed by atoms with E-state index in [0.717, 1.165) is 12.1 Å². The number of hydrogen-bond donors (Lipinski definition) is 2. The lowest BCUT2D eigenvalue weighted by Crippen LogP contribution is -2.16. The first kappa shape index (κ1) is 13.2. The lowest BCUT2D eigenvalue weighted by atomic mass is 10.1. The third-order valence-corrected chi connectivity index (χ3v) is 2.36. The summed E-state index contributed by atoms with van der Waals surface area (Å²) in [6.07, 6.45) is 1.31. The van der Waals surface area contributed by atoms with Crippen LogP contribution in [-0.2, 0) is 0 Å². The Bertz CT molecular complexity index is 651. The van der Waals surface area contributed by atoms with E-state index in [1.165, 1.54) is 12.3 Å². The van der Waals surface area contributed by atoms with Gasteiger partial charge in [-0.2, -0.15) is 0 Å². The Labute approximate surface area is 111 Å². The number of nitrogens with one attached hydrogen (secondary N) is 1. The molecule has 1 aromatic carbocycles. The zero-order chi connectivity index (χ0) is 14.0. The molecular formula is C11H7ClF2N4O. The highest BCUT2D eigenvalue weighted by Gasteiger charge is 2.16. The Morgan fingerprint density at radius 1 is 1.37 bits per heavy atom. The maximum absolute atomic E-state index is 13.6. The van der Waals surface area contributed by atoms with Crippen LogP contribution < -0.4 is 11.1 Å². The second-order valence-electron chi connectivity index (χ2n) is 3.52. The Kier molecular flexibility index (Phi) is 3.57. The van der Waals surface area contributed by atoms with Gasteiger partial charge in [0.1, 0.15) is 11.6 Å². The molecule has 1 heterocycles. The molecule has 1 amide bonds. The molecule has 0 aliphatic heterocycles. The number of halogens is 3. The van der Waals surface area contributed by atoms with E-state index in [0.29, 0.717) is 0 Å². The lowest BCUT2D eigenvalue weighted by molar-refractivity contribution is 0.102. The first-order valence-corrected chi connectivity index (χ1v) is 5.39. The number of nitrogens with zero attached hydrogens (tertiary/aromatic N) is 2. The molecule has 0 bridgehead atoms. The van der Waals surface area contributed by atoms with Gasteiger partial charge in [-0.25, -0.2) is 18.7 Å². The summed E-state index contributed by atoms with van der Waals surface area (Å²) in [6, 6.07) is 2.88. The van der Waals surface area contributed by atoms with Crippen molar-refractivity contribution in [3.8, 4) is 0 Å². The molecule has 0 atom stereocenters. The number of amides is 1. The molecule has 0 fully saturated rings. The van der Waals surface area contributed by atoms with Gasteiger partial charge in [-0.3, -0.25) is 4.79 Å². The van der Waals surface area contributed by atoms with Crippen LogP contribution in [0.25, 0.3) is 0 Å². The number of nitrogens with two attached hydrogens (primary N) is 1. The molecule has 0 saturated heterocycles. The second kappa shape index (κ2) is 5.15. The summed E-state index contributed by atoms with van der Waals surface area (Å²) in [5.74, 6) is -2.64. The van der Waals surface area contributed by atoms with Gasteiger partial charge < -0.3 is 11.1 Å². The third kappa shape index (κ3) is 2.94. The predicted molar refractivity (Wildman–Crippen MR) is 65.8 cm³/mol. The molecule has 1 aromatic heterocycles. The average Bonchev–Trinajstić information content (AvgIpc) is 2.33. The fourth-order valence-corrected chi connectivity index (χ4v) is 1.51. The summed E-state index contributed by atoms with van der Waals surface area (Å²) < 4.78 is 26.7. The number of carbonyl (C=O) groups is 1. The third-order valence-electron chi connectivity index (χ3n) is 2.18. The quantitative estimate of drug-likeness (QED) is 0.654. The highest BCUT2D eigenvalue weighted by molar-refractivity contribution is 6.28. The Hall–Kier alpha value is -2.28. The zero-order valence-corrected chi connectivity index (χ0v) is 10.1. The molecule has 0 spiro atoms. The van der Waals surface area contributed by atoms with Gasteiger partial charge in [0.2, 0.25) is 5.28 Å². The Morgan fingerprint density at radius 2 is 2.11 bits per heavy atom. The first-order chi connectivity index (χ1) is 8.97. The molecule has 0 saturated carbocycles. The van der Waals surface area contributed by atoms with Gasteiger partial charge in [0.15, 0.2) is 5.82 Å². The number of anilines is 2. The highest BCUT2D eigenvalue weighted by atomic mass is 35.5. The monoisotopic (exact) mass is 284 g/mol. The Balaban J connectivity index is 2.30. The Morgan fingerprint density at radius 3 is 2.79 bits per heavy atom. The van der Waals surface area contributed by atoms with Crippen LogP contribution in [0, 0.1) is 11.6 Å². The van der Waals surface area contributed by atoms with E-state index in [2.05, 4.69) is 15.3 Å². The molecule has 2 rings (SSSR count). The molecule has 0 aliphatic carbocycles. The number of hydrogen-bond acceptors (Lipinski definition) is 4. The molecule has 0 aliphatic rings.